The van der Waals surface area contributed by atoms with E-state index >= 15 is 0 Å². The number of rotatable bonds is 0. The van der Waals surface area contributed by atoms with Crippen LogP contribution in [-0.2, 0) is 10.8 Å². The van der Waals surface area contributed by atoms with Gasteiger partial charge in [-0.1, -0.05) is 0 Å². The third-order valence-electron chi connectivity index (χ3n) is 0. The fourth-order valence-corrected chi connectivity index (χ4v) is 0. The van der Waals surface area contributed by atoms with Crippen LogP contribution in [-0.4, -0.2) is 40.0 Å². The van der Waals surface area contributed by atoms with Gasteiger partial charge in [0, 0.05) is 40.0 Å². The Hall–Kier alpha value is 2.98. The van der Waals surface area contributed by atoms with Crippen LogP contribution in [0.3, 0.4) is 0 Å². The predicted molar refractivity (Wildman–Crippen MR) is 80.2 cm³/mol. The summed E-state index contributed by atoms with van der Waals surface area (Å²) in [5, 5.41) is 0. The third kappa shape index (κ3) is 176. The maximum absolute atomic E-state index is 2.33. The first-order valence-electron chi connectivity index (χ1n) is 3.24. The van der Waals surface area contributed by atoms with Crippen molar-refractivity contribution in [2.75, 3.05) is 40.0 Å². The molecule has 0 unspecified atom stereocenters. The molecule has 0 aromatic carbocycles. The molecular weight excluding hydrogens is 494 g/mol. The first kappa shape index (κ1) is 19.5. The van der Waals surface area contributed by atoms with Crippen LogP contribution in [0.1, 0.15) is 0 Å². The van der Waals surface area contributed by atoms with E-state index in [9.17, 15) is 0 Å². The van der Waals surface area contributed by atoms with E-state index in [1.807, 2.05) is 0 Å². The molecule has 0 nitrogen and oxygen atoms in total. The van der Waals surface area contributed by atoms with Gasteiger partial charge in [0.1, 0.15) is 0 Å². The van der Waals surface area contributed by atoms with Gasteiger partial charge in [0.2, 0.25) is 0 Å². The molecule has 0 atom stereocenters. The molecule has 0 saturated carbocycles. The van der Waals surface area contributed by atoms with Crippen molar-refractivity contribution in [2.24, 2.45) is 0 Å². The van der Waals surface area contributed by atoms with Crippen LogP contribution in [0, 0.1) is 0 Å². The zero-order valence-corrected chi connectivity index (χ0v) is 15.9. The summed E-state index contributed by atoms with van der Waals surface area (Å²) in [7, 11) is 1.13. The van der Waals surface area contributed by atoms with E-state index in [1.54, 1.807) is 0 Å². The van der Waals surface area contributed by atoms with Crippen LogP contribution in [0.15, 0.2) is 0 Å². The summed E-state index contributed by atoms with van der Waals surface area (Å²) in [6, 6.07) is 0. The molecule has 0 aromatic heterocycles. The van der Waals surface area contributed by atoms with Crippen LogP contribution in [0.4, 0.5) is 0 Å². The first-order chi connectivity index (χ1) is 4.88. The third-order valence-corrected chi connectivity index (χ3v) is 0. The Morgan fingerprint density at radius 1 is 0.727 bits per heavy atom. The summed E-state index contributed by atoms with van der Waals surface area (Å²) in [4.78, 5) is 0. The topological polar surface area (TPSA) is 0 Å². The fourth-order valence-electron chi connectivity index (χ4n) is 0. The Balaban J connectivity index is -0.0000000886. The summed E-state index contributed by atoms with van der Waals surface area (Å²) < 4.78 is 0. The van der Waals surface area contributed by atoms with Crippen LogP contribution >= 0.6 is 54.9 Å². The SMILES string of the molecule is C[PH+](C)C.C[PH+](C)C.[I][Pd][I]. The van der Waals surface area contributed by atoms with Crippen molar-refractivity contribution in [1.29, 1.82) is 0 Å². The standard InChI is InChI=1S/2C3H9P.2HI.Pd/c2*1-4(2)3;;;/h2*1-3H3;2*1H;/q;;;;+2. The van der Waals surface area contributed by atoms with Crippen molar-refractivity contribution in [3.63, 3.8) is 0 Å². The van der Waals surface area contributed by atoms with Gasteiger partial charge < -0.3 is 0 Å². The van der Waals surface area contributed by atoms with Crippen molar-refractivity contribution in [1.82, 2.24) is 0 Å². The second-order valence-corrected chi connectivity index (χ2v) is 21.0. The van der Waals surface area contributed by atoms with E-state index in [0.717, 1.165) is 10.8 Å². The Morgan fingerprint density at radius 3 is 0.727 bits per heavy atom. The van der Waals surface area contributed by atoms with Crippen LogP contribution in [0.25, 0.3) is 0 Å². The molecule has 0 amide bonds. The number of halogens is 2. The molecule has 0 aliphatic carbocycles. The second kappa shape index (κ2) is 18.7. The summed E-state index contributed by atoms with van der Waals surface area (Å²) in [6.07, 6.45) is 0. The van der Waals surface area contributed by atoms with Crippen molar-refractivity contribution >= 4 is 54.9 Å². The molecule has 76 valence electrons. The second-order valence-electron chi connectivity index (χ2n) is 3.05. The average Bonchev–Trinajstić information content (AvgIpc) is 1.60. The molecule has 0 heterocycles. The Kier molecular flexibility index (Phi) is 33.2. The Bertz CT molecular complexity index is 42.3. The van der Waals surface area contributed by atoms with Crippen LogP contribution in [0.5, 0.6) is 0 Å². The Morgan fingerprint density at radius 2 is 0.727 bits per heavy atom. The van der Waals surface area contributed by atoms with E-state index in [4.69, 9.17) is 0 Å². The quantitative estimate of drug-likeness (QED) is 0.261. The summed E-state index contributed by atoms with van der Waals surface area (Å²) in [5.41, 5.74) is 0. The molecule has 0 N–H and O–H groups in total. The van der Waals surface area contributed by atoms with Crippen molar-refractivity contribution < 1.29 is 10.8 Å². The van der Waals surface area contributed by atoms with Gasteiger partial charge in [-0.2, -0.15) is 0 Å². The van der Waals surface area contributed by atoms with Crippen molar-refractivity contribution in [2.45, 2.75) is 0 Å². The average molecular weight is 514 g/mol. The number of hydrogen-bond acceptors (Lipinski definition) is 0. The normalized spacial score (nSPS) is 8.55. The Labute approximate surface area is 104 Å². The molecule has 0 aromatic rings. The van der Waals surface area contributed by atoms with Crippen LogP contribution < -0.4 is 0 Å². The van der Waals surface area contributed by atoms with Crippen molar-refractivity contribution in [3.05, 3.63) is 0 Å². The van der Waals surface area contributed by atoms with Gasteiger partial charge in [-0.3, -0.25) is 0 Å². The van der Waals surface area contributed by atoms with Gasteiger partial charge in [0.05, 0.1) is 0 Å². The molecule has 0 saturated heterocycles. The molecule has 0 aliphatic heterocycles. The molecule has 0 rings (SSSR count). The zero-order chi connectivity index (χ0) is 9.86. The van der Waals surface area contributed by atoms with Gasteiger partial charge in [-0.15, -0.1) is 0 Å². The monoisotopic (exact) mass is 514 g/mol. The predicted octanol–water partition coefficient (Wildman–Crippen LogP) is 3.95. The van der Waals surface area contributed by atoms with E-state index in [-0.39, 0.29) is 15.8 Å². The maximum atomic E-state index is 2.33. The van der Waals surface area contributed by atoms with Crippen LogP contribution in [0.2, 0.25) is 0 Å². The van der Waals surface area contributed by atoms with Gasteiger partial charge >= 0.3 is 49.8 Å². The van der Waals surface area contributed by atoms with E-state index in [0.29, 0.717) is 0 Å². The molecule has 0 fully saturated rings. The summed E-state index contributed by atoms with van der Waals surface area (Å²) in [6.45, 7) is 13.6. The van der Waals surface area contributed by atoms with E-state index < -0.39 is 0 Å². The van der Waals surface area contributed by atoms with Gasteiger partial charge in [-0.25, -0.2) is 0 Å². The summed E-state index contributed by atoms with van der Waals surface area (Å²) in [5.74, 6) is 0. The molecule has 11 heavy (non-hydrogen) atoms. The molecular formula is C6H20I2P2Pd+2. The van der Waals surface area contributed by atoms with Gasteiger partial charge in [0.15, 0.2) is 0 Å². The molecule has 0 radical (unpaired) electrons. The van der Waals surface area contributed by atoms with E-state index in [2.05, 4.69) is 79.0 Å². The van der Waals surface area contributed by atoms with Crippen molar-refractivity contribution in [3.8, 4) is 0 Å². The van der Waals surface area contributed by atoms with Gasteiger partial charge in [0.25, 0.3) is 0 Å². The molecule has 0 aliphatic rings. The fraction of sp³-hybridized carbons (Fsp3) is 1.00. The summed E-state index contributed by atoms with van der Waals surface area (Å²) >= 11 is 4.65. The number of hydrogen-bond donors (Lipinski definition) is 0. The zero-order valence-electron chi connectivity index (χ0n) is 8.07. The minimum atomic E-state index is 0.120. The first-order valence-corrected chi connectivity index (χ1v) is 18.5. The molecule has 0 spiro atoms. The van der Waals surface area contributed by atoms with Gasteiger partial charge in [-0.05, 0) is 15.8 Å². The minimum absolute atomic E-state index is 0.120. The molecule has 5 heteroatoms. The molecule has 0 bridgehead atoms. The van der Waals surface area contributed by atoms with E-state index in [1.165, 1.54) is 0 Å².